The molecule has 0 fully saturated rings. The fraction of sp³-hybridized carbons (Fsp3) is 0.120. The number of aromatic carboxylic acids is 1. The first-order valence-electron chi connectivity index (χ1n) is 10.3. The number of hydrogen-bond acceptors (Lipinski definition) is 4. The second-order valence-corrected chi connectivity index (χ2v) is 11.0. The number of fused-ring (bicyclic) bond motifs is 1. The Labute approximate surface area is 205 Å². The van der Waals surface area contributed by atoms with Crippen LogP contribution in [0.25, 0.3) is 21.9 Å². The maximum absolute atomic E-state index is 13.5. The smallest absolute Gasteiger partial charge is 0.353 e. The van der Waals surface area contributed by atoms with E-state index in [1.807, 2.05) is 18.2 Å². The molecule has 1 N–H and O–H groups in total. The molecule has 0 aliphatic carbocycles. The molecule has 7 nitrogen and oxygen atoms in total. The van der Waals surface area contributed by atoms with Gasteiger partial charge in [-0.25, -0.2) is 17.5 Å². The molecule has 0 saturated heterocycles. The lowest BCUT2D eigenvalue weighted by molar-refractivity contribution is 0.0685. The zero-order chi connectivity index (χ0) is 24.6. The molecular weight excluding hydrogens is 520 g/mol. The highest BCUT2D eigenvalue weighted by atomic mass is 79.9. The van der Waals surface area contributed by atoms with Crippen molar-refractivity contribution in [2.75, 3.05) is 14.1 Å². The summed E-state index contributed by atoms with van der Waals surface area (Å²) in [6, 6.07) is 20.3. The molecular formula is C25H21BrN2O5S. The van der Waals surface area contributed by atoms with E-state index in [1.54, 1.807) is 42.5 Å². The summed E-state index contributed by atoms with van der Waals surface area (Å²) in [6.45, 7) is -0.0331. The minimum absolute atomic E-state index is 0.0331. The highest BCUT2D eigenvalue weighted by molar-refractivity contribution is 9.10. The van der Waals surface area contributed by atoms with E-state index in [1.165, 1.54) is 30.8 Å². The second-order valence-electron chi connectivity index (χ2n) is 7.91. The molecule has 3 aromatic carbocycles. The standard InChI is InChI=1S/C25H21BrN2O5S/c1-27(2)34(32,33)19-11-8-16(9-12-19)15-28-23(25(30)31)22(17-6-4-3-5-7-17)21-14-18(26)10-13-20(21)24(28)29/h3-14H,15H2,1-2H3,(H,30,31). The van der Waals surface area contributed by atoms with Crippen molar-refractivity contribution in [2.24, 2.45) is 0 Å². The van der Waals surface area contributed by atoms with Crippen molar-refractivity contribution < 1.29 is 18.3 Å². The predicted octanol–water partition coefficient (Wildman–Crippen LogP) is 4.43. The number of rotatable bonds is 6. The van der Waals surface area contributed by atoms with Gasteiger partial charge in [0.2, 0.25) is 10.0 Å². The van der Waals surface area contributed by atoms with E-state index < -0.39 is 21.6 Å². The van der Waals surface area contributed by atoms with Gasteiger partial charge in [-0.15, -0.1) is 0 Å². The molecule has 0 aliphatic heterocycles. The van der Waals surface area contributed by atoms with Crippen molar-refractivity contribution in [3.05, 3.63) is 98.9 Å². The second kappa shape index (κ2) is 9.17. The quantitative estimate of drug-likeness (QED) is 0.390. The van der Waals surface area contributed by atoms with Gasteiger partial charge in [0, 0.05) is 29.5 Å². The number of sulfonamides is 1. The Morgan fingerprint density at radius 2 is 1.62 bits per heavy atom. The van der Waals surface area contributed by atoms with Crippen LogP contribution in [0.1, 0.15) is 16.1 Å². The van der Waals surface area contributed by atoms with Gasteiger partial charge in [0.05, 0.1) is 11.4 Å². The average Bonchev–Trinajstić information content (AvgIpc) is 2.81. The number of carbonyl (C=O) groups is 1. The summed E-state index contributed by atoms with van der Waals surface area (Å²) in [6.07, 6.45) is 0. The number of aromatic nitrogens is 1. The zero-order valence-corrected chi connectivity index (χ0v) is 20.8. The Balaban J connectivity index is 1.96. The van der Waals surface area contributed by atoms with Gasteiger partial charge in [-0.1, -0.05) is 58.4 Å². The molecule has 0 radical (unpaired) electrons. The summed E-state index contributed by atoms with van der Waals surface area (Å²) < 4.78 is 27.8. The van der Waals surface area contributed by atoms with E-state index in [9.17, 15) is 23.1 Å². The van der Waals surface area contributed by atoms with Gasteiger partial charge in [0.25, 0.3) is 5.56 Å². The lowest BCUT2D eigenvalue weighted by atomic mass is 9.96. The van der Waals surface area contributed by atoms with Crippen molar-refractivity contribution in [1.29, 1.82) is 0 Å². The molecule has 0 spiro atoms. The molecule has 1 aromatic heterocycles. The SMILES string of the molecule is CN(C)S(=O)(=O)c1ccc(Cn2c(C(=O)O)c(-c3ccccc3)c3cc(Br)ccc3c2=O)cc1. The Bertz CT molecular complexity index is 1560. The largest absolute Gasteiger partial charge is 0.477 e. The van der Waals surface area contributed by atoms with Crippen LogP contribution in [0, 0.1) is 0 Å². The minimum atomic E-state index is -3.61. The van der Waals surface area contributed by atoms with Crippen molar-refractivity contribution in [2.45, 2.75) is 11.4 Å². The van der Waals surface area contributed by atoms with Crippen LogP contribution in [0.5, 0.6) is 0 Å². The van der Waals surface area contributed by atoms with Crippen LogP contribution in [-0.2, 0) is 16.6 Å². The fourth-order valence-electron chi connectivity index (χ4n) is 3.85. The maximum Gasteiger partial charge on any atom is 0.353 e. The van der Waals surface area contributed by atoms with Gasteiger partial charge >= 0.3 is 5.97 Å². The van der Waals surface area contributed by atoms with Crippen LogP contribution in [0.3, 0.4) is 0 Å². The Hall–Kier alpha value is -3.27. The number of benzene rings is 3. The van der Waals surface area contributed by atoms with Gasteiger partial charge in [-0.05, 0) is 46.8 Å². The summed E-state index contributed by atoms with van der Waals surface area (Å²) in [7, 11) is -0.716. The average molecular weight is 541 g/mol. The van der Waals surface area contributed by atoms with Crippen LogP contribution in [0.15, 0.2) is 87.0 Å². The molecule has 0 amide bonds. The van der Waals surface area contributed by atoms with Crippen LogP contribution in [-0.4, -0.2) is 42.5 Å². The molecule has 0 bridgehead atoms. The maximum atomic E-state index is 13.5. The highest BCUT2D eigenvalue weighted by Gasteiger charge is 2.24. The predicted molar refractivity (Wildman–Crippen MR) is 135 cm³/mol. The van der Waals surface area contributed by atoms with Crippen molar-refractivity contribution >= 4 is 42.7 Å². The molecule has 0 aliphatic rings. The van der Waals surface area contributed by atoms with E-state index in [-0.39, 0.29) is 17.1 Å². The molecule has 4 rings (SSSR count). The number of hydrogen-bond donors (Lipinski definition) is 1. The van der Waals surface area contributed by atoms with E-state index in [2.05, 4.69) is 15.9 Å². The molecule has 174 valence electrons. The summed E-state index contributed by atoms with van der Waals surface area (Å²) in [5.41, 5.74) is 1.13. The van der Waals surface area contributed by atoms with Crippen LogP contribution in [0.4, 0.5) is 0 Å². The zero-order valence-electron chi connectivity index (χ0n) is 18.4. The summed E-state index contributed by atoms with van der Waals surface area (Å²) >= 11 is 3.42. The Morgan fingerprint density at radius 1 is 0.971 bits per heavy atom. The van der Waals surface area contributed by atoms with Crippen molar-refractivity contribution in [3.63, 3.8) is 0 Å². The number of pyridine rings is 1. The molecule has 4 aromatic rings. The summed E-state index contributed by atoms with van der Waals surface area (Å²) in [5.74, 6) is -1.23. The normalized spacial score (nSPS) is 11.8. The summed E-state index contributed by atoms with van der Waals surface area (Å²) in [5, 5.41) is 11.1. The van der Waals surface area contributed by atoms with E-state index in [0.29, 0.717) is 27.5 Å². The van der Waals surface area contributed by atoms with Gasteiger partial charge in [-0.3, -0.25) is 9.36 Å². The lowest BCUT2D eigenvalue weighted by Gasteiger charge is -2.18. The summed E-state index contributed by atoms with van der Waals surface area (Å²) in [4.78, 5) is 26.1. The monoisotopic (exact) mass is 540 g/mol. The van der Waals surface area contributed by atoms with Crippen molar-refractivity contribution in [1.82, 2.24) is 8.87 Å². The first-order valence-corrected chi connectivity index (χ1v) is 12.5. The number of halogens is 1. The number of nitrogens with zero attached hydrogens (tertiary/aromatic N) is 2. The third-order valence-electron chi connectivity index (χ3n) is 5.54. The van der Waals surface area contributed by atoms with Crippen molar-refractivity contribution in [3.8, 4) is 11.1 Å². The first kappa shape index (κ1) is 23.9. The molecule has 34 heavy (non-hydrogen) atoms. The molecule has 0 atom stereocenters. The van der Waals surface area contributed by atoms with Crippen LogP contribution >= 0.6 is 15.9 Å². The Morgan fingerprint density at radius 3 is 2.21 bits per heavy atom. The highest BCUT2D eigenvalue weighted by Crippen LogP contribution is 2.33. The fourth-order valence-corrected chi connectivity index (χ4v) is 5.11. The third-order valence-corrected chi connectivity index (χ3v) is 7.86. The molecule has 9 heteroatoms. The lowest BCUT2D eigenvalue weighted by Crippen LogP contribution is -2.28. The molecule has 0 saturated carbocycles. The van der Waals surface area contributed by atoms with Gasteiger partial charge in [-0.2, -0.15) is 0 Å². The van der Waals surface area contributed by atoms with E-state index in [4.69, 9.17) is 0 Å². The van der Waals surface area contributed by atoms with Gasteiger partial charge in [0.15, 0.2) is 0 Å². The first-order chi connectivity index (χ1) is 16.1. The van der Waals surface area contributed by atoms with Crippen LogP contribution in [0.2, 0.25) is 0 Å². The molecule has 0 unspecified atom stereocenters. The number of carboxylic acid groups (broad SMARTS) is 1. The Kier molecular flexibility index (Phi) is 6.44. The topological polar surface area (TPSA) is 96.7 Å². The van der Waals surface area contributed by atoms with Gasteiger partial charge in [0.1, 0.15) is 5.69 Å². The van der Waals surface area contributed by atoms with E-state index >= 15 is 0 Å². The van der Waals surface area contributed by atoms with Gasteiger partial charge < -0.3 is 5.11 Å². The number of carboxylic acids is 1. The van der Waals surface area contributed by atoms with Crippen LogP contribution < -0.4 is 5.56 Å². The third kappa shape index (κ3) is 4.29. The van der Waals surface area contributed by atoms with E-state index in [0.717, 1.165) is 8.78 Å². The minimum Gasteiger partial charge on any atom is -0.477 e. The molecule has 1 heterocycles.